The fourth-order valence-corrected chi connectivity index (χ4v) is 5.21. The summed E-state index contributed by atoms with van der Waals surface area (Å²) in [5.74, 6) is -0.690. The van der Waals surface area contributed by atoms with Crippen LogP contribution in [-0.4, -0.2) is 23.5 Å². The van der Waals surface area contributed by atoms with Crippen molar-refractivity contribution >= 4 is 46.9 Å². The van der Waals surface area contributed by atoms with E-state index < -0.39 is 5.91 Å². The number of carbonyl (C=O) groups is 3. The molecular formula is C38H33N3O3S. The third-order valence-corrected chi connectivity index (χ3v) is 8.14. The molecule has 0 bridgehead atoms. The Kier molecular flexibility index (Phi) is 10.2. The highest BCUT2D eigenvalue weighted by molar-refractivity contribution is 8.00. The first-order valence-electron chi connectivity index (χ1n) is 14.5. The molecule has 0 saturated heterocycles. The molecule has 45 heavy (non-hydrogen) atoms. The van der Waals surface area contributed by atoms with E-state index in [1.807, 2.05) is 105 Å². The average molecular weight is 612 g/mol. The molecule has 0 aliphatic carbocycles. The maximum absolute atomic E-state index is 13.4. The molecule has 5 rings (SSSR count). The van der Waals surface area contributed by atoms with Gasteiger partial charge in [0.15, 0.2) is 0 Å². The van der Waals surface area contributed by atoms with Crippen LogP contribution in [0.15, 0.2) is 138 Å². The number of hydrogen-bond acceptors (Lipinski definition) is 4. The number of thioether (sulfide) groups is 1. The van der Waals surface area contributed by atoms with Crippen LogP contribution in [0.5, 0.6) is 0 Å². The Morgan fingerprint density at radius 3 is 1.93 bits per heavy atom. The largest absolute Gasteiger partial charge is 0.325 e. The molecule has 0 fully saturated rings. The number of benzene rings is 5. The first kappa shape index (κ1) is 31.0. The molecule has 5 aromatic rings. The summed E-state index contributed by atoms with van der Waals surface area (Å²) in [6.07, 6.45) is 1.66. The van der Waals surface area contributed by atoms with Crippen molar-refractivity contribution in [3.8, 4) is 11.1 Å². The summed E-state index contributed by atoms with van der Waals surface area (Å²) in [7, 11) is 0. The van der Waals surface area contributed by atoms with Gasteiger partial charge in [-0.1, -0.05) is 78.9 Å². The number of rotatable bonds is 10. The Labute approximate surface area is 267 Å². The van der Waals surface area contributed by atoms with Gasteiger partial charge < -0.3 is 16.0 Å². The number of amides is 3. The molecule has 3 N–H and O–H groups in total. The molecule has 0 radical (unpaired) electrons. The zero-order valence-electron chi connectivity index (χ0n) is 25.0. The zero-order chi connectivity index (χ0) is 31.6. The molecule has 0 atom stereocenters. The number of anilines is 2. The van der Waals surface area contributed by atoms with Gasteiger partial charge in [0.1, 0.15) is 5.70 Å². The van der Waals surface area contributed by atoms with Crippen LogP contribution in [0.1, 0.15) is 27.0 Å². The van der Waals surface area contributed by atoms with E-state index >= 15 is 0 Å². The lowest BCUT2D eigenvalue weighted by Crippen LogP contribution is -2.30. The lowest BCUT2D eigenvalue weighted by Gasteiger charge is -2.12. The fraction of sp³-hybridized carbons (Fsp3) is 0.0789. The van der Waals surface area contributed by atoms with E-state index in [-0.39, 0.29) is 23.3 Å². The van der Waals surface area contributed by atoms with Gasteiger partial charge in [0.2, 0.25) is 5.91 Å². The van der Waals surface area contributed by atoms with E-state index in [1.54, 1.807) is 42.5 Å². The molecule has 0 aromatic heterocycles. The van der Waals surface area contributed by atoms with E-state index in [9.17, 15) is 14.4 Å². The van der Waals surface area contributed by atoms with Gasteiger partial charge >= 0.3 is 0 Å². The average Bonchev–Trinajstić information content (AvgIpc) is 3.07. The minimum atomic E-state index is -0.459. The molecule has 0 aliphatic heterocycles. The zero-order valence-corrected chi connectivity index (χ0v) is 25.9. The molecule has 0 heterocycles. The van der Waals surface area contributed by atoms with Crippen LogP contribution in [0.25, 0.3) is 17.2 Å². The smallest absolute Gasteiger partial charge is 0.272 e. The number of carbonyl (C=O) groups excluding carboxylic acids is 3. The summed E-state index contributed by atoms with van der Waals surface area (Å²) in [5.41, 5.74) is 7.08. The summed E-state index contributed by atoms with van der Waals surface area (Å²) in [5, 5.41) is 8.59. The van der Waals surface area contributed by atoms with Crippen LogP contribution >= 0.6 is 11.8 Å². The van der Waals surface area contributed by atoms with Crippen LogP contribution in [-0.2, 0) is 9.59 Å². The second-order valence-electron chi connectivity index (χ2n) is 10.5. The van der Waals surface area contributed by atoms with Gasteiger partial charge in [0, 0.05) is 21.8 Å². The highest BCUT2D eigenvalue weighted by atomic mass is 32.2. The van der Waals surface area contributed by atoms with Crippen molar-refractivity contribution in [2.45, 2.75) is 18.7 Å². The molecule has 0 aliphatic rings. The Hall–Kier alpha value is -5.40. The van der Waals surface area contributed by atoms with Crippen LogP contribution in [0.2, 0.25) is 0 Å². The molecule has 0 unspecified atom stereocenters. The Balaban J connectivity index is 1.25. The van der Waals surface area contributed by atoms with E-state index in [0.29, 0.717) is 11.3 Å². The molecule has 3 amide bonds. The number of aryl methyl sites for hydroxylation is 2. The van der Waals surface area contributed by atoms with Gasteiger partial charge in [0.25, 0.3) is 11.8 Å². The van der Waals surface area contributed by atoms with Crippen LogP contribution in [0, 0.1) is 13.8 Å². The fourth-order valence-electron chi connectivity index (χ4n) is 4.51. The summed E-state index contributed by atoms with van der Waals surface area (Å²) in [6.45, 7) is 4.05. The summed E-state index contributed by atoms with van der Waals surface area (Å²) >= 11 is 1.40. The van der Waals surface area contributed by atoms with Crippen LogP contribution in [0.4, 0.5) is 11.4 Å². The van der Waals surface area contributed by atoms with Crippen molar-refractivity contribution in [2.75, 3.05) is 16.4 Å². The van der Waals surface area contributed by atoms with Gasteiger partial charge in [-0.15, -0.1) is 11.8 Å². The van der Waals surface area contributed by atoms with Crippen molar-refractivity contribution in [3.05, 3.63) is 155 Å². The Morgan fingerprint density at radius 1 is 0.644 bits per heavy atom. The normalized spacial score (nSPS) is 11.0. The van der Waals surface area contributed by atoms with Gasteiger partial charge in [-0.05, 0) is 96.3 Å². The van der Waals surface area contributed by atoms with Crippen molar-refractivity contribution in [1.29, 1.82) is 0 Å². The maximum atomic E-state index is 13.4. The van der Waals surface area contributed by atoms with Crippen LogP contribution < -0.4 is 16.0 Å². The monoisotopic (exact) mass is 611 g/mol. The number of nitrogens with one attached hydrogen (secondary N) is 3. The Morgan fingerprint density at radius 2 is 1.27 bits per heavy atom. The van der Waals surface area contributed by atoms with Crippen molar-refractivity contribution < 1.29 is 14.4 Å². The minimum absolute atomic E-state index is 0.0960. The van der Waals surface area contributed by atoms with Gasteiger partial charge in [-0.25, -0.2) is 0 Å². The highest BCUT2D eigenvalue weighted by Gasteiger charge is 2.15. The summed E-state index contributed by atoms with van der Waals surface area (Å²) < 4.78 is 0. The van der Waals surface area contributed by atoms with Gasteiger partial charge in [-0.2, -0.15) is 0 Å². The lowest BCUT2D eigenvalue weighted by molar-refractivity contribution is -0.114. The quantitative estimate of drug-likeness (QED) is 0.110. The third-order valence-electron chi connectivity index (χ3n) is 7.13. The van der Waals surface area contributed by atoms with Crippen molar-refractivity contribution in [1.82, 2.24) is 5.32 Å². The van der Waals surface area contributed by atoms with Gasteiger partial charge in [0.05, 0.1) is 5.75 Å². The molecule has 6 nitrogen and oxygen atoms in total. The molecule has 0 spiro atoms. The van der Waals surface area contributed by atoms with E-state index in [2.05, 4.69) is 16.0 Å². The predicted molar refractivity (Wildman–Crippen MR) is 184 cm³/mol. The molecule has 0 saturated carbocycles. The Bertz CT molecular complexity index is 1820. The third kappa shape index (κ3) is 8.81. The maximum Gasteiger partial charge on any atom is 0.272 e. The topological polar surface area (TPSA) is 87.3 Å². The van der Waals surface area contributed by atoms with E-state index in [4.69, 9.17) is 0 Å². The molecule has 224 valence electrons. The summed E-state index contributed by atoms with van der Waals surface area (Å²) in [4.78, 5) is 39.8. The SMILES string of the molecule is Cc1ccc(NC(=O)CSc2ccc(NC(=O)/C(=C/c3ccc(-c4ccccc4)cc3)NC(=O)c3ccccc3)cc2)cc1C. The lowest BCUT2D eigenvalue weighted by atomic mass is 10.0. The van der Waals surface area contributed by atoms with Crippen molar-refractivity contribution in [2.24, 2.45) is 0 Å². The first-order valence-corrected chi connectivity index (χ1v) is 15.5. The van der Waals surface area contributed by atoms with Crippen molar-refractivity contribution in [3.63, 3.8) is 0 Å². The van der Waals surface area contributed by atoms with Crippen LogP contribution in [0.3, 0.4) is 0 Å². The minimum Gasteiger partial charge on any atom is -0.325 e. The molecule has 7 heteroatoms. The summed E-state index contributed by atoms with van der Waals surface area (Å²) in [6, 6.07) is 39.6. The highest BCUT2D eigenvalue weighted by Crippen LogP contribution is 2.23. The molecular weight excluding hydrogens is 579 g/mol. The predicted octanol–water partition coefficient (Wildman–Crippen LogP) is 8.11. The second kappa shape index (κ2) is 14.9. The number of hydrogen-bond donors (Lipinski definition) is 3. The van der Waals surface area contributed by atoms with Gasteiger partial charge in [-0.3, -0.25) is 14.4 Å². The van der Waals surface area contributed by atoms with E-state index in [0.717, 1.165) is 32.8 Å². The first-order chi connectivity index (χ1) is 21.8. The molecule has 5 aromatic carbocycles. The van der Waals surface area contributed by atoms with E-state index in [1.165, 1.54) is 17.3 Å². The standard InChI is InChI=1S/C38H33N3O3S/c1-26-13-18-33(23-27(26)2)39-36(42)25-45-34-21-19-32(20-22-34)40-38(44)35(41-37(43)31-11-7-4-8-12-31)24-28-14-16-30(17-15-28)29-9-5-3-6-10-29/h3-24H,25H2,1-2H3,(H,39,42)(H,40,44)(H,41,43)/b35-24-. The second-order valence-corrected chi connectivity index (χ2v) is 11.5.